The molecule has 16 heavy (non-hydrogen) atoms. The molecule has 0 saturated carbocycles. The highest BCUT2D eigenvalue weighted by Gasteiger charge is 2.40. The molecule has 1 aliphatic rings. The zero-order valence-electron chi connectivity index (χ0n) is 9.90. The number of carbonyl (C=O) groups is 2. The van der Waals surface area contributed by atoms with E-state index in [0.29, 0.717) is 32.4 Å². The number of aliphatic carboxylic acids is 1. The predicted octanol–water partition coefficient (Wildman–Crippen LogP) is 0.437. The molecule has 0 spiro atoms. The molecule has 1 amide bonds. The second-order valence-electron chi connectivity index (χ2n) is 4.55. The van der Waals surface area contributed by atoms with Gasteiger partial charge in [0.25, 0.3) is 0 Å². The Morgan fingerprint density at radius 3 is 2.25 bits per heavy atom. The molecule has 5 heteroatoms. The van der Waals surface area contributed by atoms with Gasteiger partial charge < -0.3 is 15.7 Å². The quantitative estimate of drug-likeness (QED) is 0.734. The Morgan fingerprint density at radius 1 is 1.44 bits per heavy atom. The van der Waals surface area contributed by atoms with Crippen LogP contribution in [-0.2, 0) is 9.59 Å². The molecule has 3 N–H and O–H groups in total. The van der Waals surface area contributed by atoms with Gasteiger partial charge in [0.1, 0.15) is 0 Å². The number of hydrogen-bond donors (Lipinski definition) is 2. The number of nitrogens with zero attached hydrogens (tertiary/aromatic N) is 1. The van der Waals surface area contributed by atoms with Gasteiger partial charge in [-0.15, -0.1) is 0 Å². The van der Waals surface area contributed by atoms with Gasteiger partial charge in [0, 0.05) is 13.1 Å². The summed E-state index contributed by atoms with van der Waals surface area (Å²) in [7, 11) is 0. The first kappa shape index (κ1) is 13.0. The van der Waals surface area contributed by atoms with Crippen molar-refractivity contribution < 1.29 is 14.7 Å². The SMILES string of the molecule is CCC1(C(=O)O)CCN(C(=O)[C@H](C)N)CC1. The normalized spacial score (nSPS) is 21.6. The van der Waals surface area contributed by atoms with Gasteiger partial charge in [-0.1, -0.05) is 6.92 Å². The largest absolute Gasteiger partial charge is 0.481 e. The average molecular weight is 228 g/mol. The van der Waals surface area contributed by atoms with Crippen LogP contribution in [0.3, 0.4) is 0 Å². The lowest BCUT2D eigenvalue weighted by Crippen LogP contribution is -2.50. The summed E-state index contributed by atoms with van der Waals surface area (Å²) in [5.41, 5.74) is 4.87. The minimum atomic E-state index is -0.747. The molecule has 0 aliphatic carbocycles. The lowest BCUT2D eigenvalue weighted by Gasteiger charge is -2.38. The molecular formula is C11H20N2O3. The van der Waals surface area contributed by atoms with Crippen LogP contribution in [0.15, 0.2) is 0 Å². The Kier molecular flexibility index (Phi) is 3.91. The van der Waals surface area contributed by atoms with Crippen LogP contribution in [0.1, 0.15) is 33.1 Å². The summed E-state index contributed by atoms with van der Waals surface area (Å²) in [6.45, 7) is 4.54. The number of piperidine rings is 1. The van der Waals surface area contributed by atoms with Gasteiger partial charge in [0.05, 0.1) is 11.5 Å². The zero-order chi connectivity index (χ0) is 12.3. The summed E-state index contributed by atoms with van der Waals surface area (Å²) in [5, 5.41) is 9.19. The van der Waals surface area contributed by atoms with Crippen molar-refractivity contribution in [3.05, 3.63) is 0 Å². The number of amides is 1. The van der Waals surface area contributed by atoms with Crippen molar-refractivity contribution in [2.75, 3.05) is 13.1 Å². The smallest absolute Gasteiger partial charge is 0.309 e. The molecule has 1 aliphatic heterocycles. The van der Waals surface area contributed by atoms with Gasteiger partial charge in [0.15, 0.2) is 0 Å². The molecule has 0 aromatic rings. The van der Waals surface area contributed by atoms with Gasteiger partial charge in [-0.2, -0.15) is 0 Å². The van der Waals surface area contributed by atoms with Crippen LogP contribution < -0.4 is 5.73 Å². The minimum Gasteiger partial charge on any atom is -0.481 e. The van der Waals surface area contributed by atoms with Crippen molar-refractivity contribution in [2.45, 2.75) is 39.2 Å². The third-order valence-corrected chi connectivity index (χ3v) is 3.55. The van der Waals surface area contributed by atoms with Crippen molar-refractivity contribution in [3.8, 4) is 0 Å². The maximum atomic E-state index is 11.6. The number of carbonyl (C=O) groups excluding carboxylic acids is 1. The van der Waals surface area contributed by atoms with E-state index in [1.165, 1.54) is 0 Å². The molecule has 0 aromatic heterocycles. The fourth-order valence-electron chi connectivity index (χ4n) is 2.16. The first-order valence-corrected chi connectivity index (χ1v) is 5.71. The van der Waals surface area contributed by atoms with Crippen LogP contribution in [0.2, 0.25) is 0 Å². The van der Waals surface area contributed by atoms with Gasteiger partial charge in [-0.3, -0.25) is 9.59 Å². The van der Waals surface area contributed by atoms with Crippen molar-refractivity contribution in [3.63, 3.8) is 0 Å². The van der Waals surface area contributed by atoms with E-state index in [4.69, 9.17) is 5.73 Å². The number of rotatable bonds is 3. The van der Waals surface area contributed by atoms with Crippen LogP contribution in [0.5, 0.6) is 0 Å². The second-order valence-corrected chi connectivity index (χ2v) is 4.55. The average Bonchev–Trinajstić information content (AvgIpc) is 2.27. The lowest BCUT2D eigenvalue weighted by atomic mass is 9.76. The number of likely N-dealkylation sites (tertiary alicyclic amines) is 1. The van der Waals surface area contributed by atoms with Crippen LogP contribution in [-0.4, -0.2) is 41.0 Å². The van der Waals surface area contributed by atoms with E-state index in [1.807, 2.05) is 6.92 Å². The summed E-state index contributed by atoms with van der Waals surface area (Å²) < 4.78 is 0. The molecule has 1 rings (SSSR count). The molecule has 0 bridgehead atoms. The predicted molar refractivity (Wildman–Crippen MR) is 59.8 cm³/mol. The van der Waals surface area contributed by atoms with Crippen molar-refractivity contribution in [1.29, 1.82) is 0 Å². The van der Waals surface area contributed by atoms with Crippen LogP contribution >= 0.6 is 0 Å². The molecule has 0 radical (unpaired) electrons. The molecular weight excluding hydrogens is 208 g/mol. The van der Waals surface area contributed by atoms with Crippen molar-refractivity contribution >= 4 is 11.9 Å². The Morgan fingerprint density at radius 2 is 1.94 bits per heavy atom. The number of carboxylic acids is 1. The molecule has 92 valence electrons. The highest BCUT2D eigenvalue weighted by molar-refractivity contribution is 5.82. The molecule has 0 unspecified atom stereocenters. The summed E-state index contributed by atoms with van der Waals surface area (Å²) in [6, 6.07) is -0.501. The number of nitrogens with two attached hydrogens (primary N) is 1. The Hall–Kier alpha value is -1.10. The zero-order valence-corrected chi connectivity index (χ0v) is 9.90. The monoisotopic (exact) mass is 228 g/mol. The van der Waals surface area contributed by atoms with Crippen LogP contribution in [0, 0.1) is 5.41 Å². The van der Waals surface area contributed by atoms with E-state index < -0.39 is 17.4 Å². The van der Waals surface area contributed by atoms with Gasteiger partial charge in [-0.05, 0) is 26.2 Å². The van der Waals surface area contributed by atoms with E-state index >= 15 is 0 Å². The highest BCUT2D eigenvalue weighted by atomic mass is 16.4. The standard InChI is InChI=1S/C11H20N2O3/c1-3-11(10(15)16)4-6-13(7-5-11)9(14)8(2)12/h8H,3-7,12H2,1-2H3,(H,15,16)/t8-/m0/s1. The van der Waals surface area contributed by atoms with Gasteiger partial charge >= 0.3 is 5.97 Å². The van der Waals surface area contributed by atoms with Crippen molar-refractivity contribution in [2.24, 2.45) is 11.1 Å². The summed E-state index contributed by atoms with van der Waals surface area (Å²) in [4.78, 5) is 24.5. The van der Waals surface area contributed by atoms with E-state index in [1.54, 1.807) is 11.8 Å². The lowest BCUT2D eigenvalue weighted by molar-refractivity contribution is -0.154. The highest BCUT2D eigenvalue weighted by Crippen LogP contribution is 2.35. The van der Waals surface area contributed by atoms with E-state index in [0.717, 1.165) is 0 Å². The van der Waals surface area contributed by atoms with Crippen molar-refractivity contribution in [1.82, 2.24) is 4.90 Å². The molecule has 1 heterocycles. The molecule has 5 nitrogen and oxygen atoms in total. The van der Waals surface area contributed by atoms with E-state index in [-0.39, 0.29) is 5.91 Å². The first-order chi connectivity index (χ1) is 7.43. The Balaban J connectivity index is 2.63. The fraction of sp³-hybridized carbons (Fsp3) is 0.818. The van der Waals surface area contributed by atoms with Gasteiger partial charge in [-0.25, -0.2) is 0 Å². The van der Waals surface area contributed by atoms with Crippen LogP contribution in [0.25, 0.3) is 0 Å². The number of hydrogen-bond acceptors (Lipinski definition) is 3. The van der Waals surface area contributed by atoms with Crippen LogP contribution in [0.4, 0.5) is 0 Å². The summed E-state index contributed by atoms with van der Waals surface area (Å²) in [6.07, 6.45) is 1.66. The first-order valence-electron chi connectivity index (χ1n) is 5.71. The topological polar surface area (TPSA) is 83.6 Å². The summed E-state index contributed by atoms with van der Waals surface area (Å²) >= 11 is 0. The third-order valence-electron chi connectivity index (χ3n) is 3.55. The molecule has 0 aromatic carbocycles. The third kappa shape index (κ3) is 2.35. The maximum Gasteiger partial charge on any atom is 0.309 e. The van der Waals surface area contributed by atoms with E-state index in [9.17, 15) is 14.7 Å². The maximum absolute atomic E-state index is 11.6. The summed E-state index contributed by atoms with van der Waals surface area (Å²) in [5.74, 6) is -0.835. The second kappa shape index (κ2) is 4.82. The molecule has 1 saturated heterocycles. The Labute approximate surface area is 95.6 Å². The minimum absolute atomic E-state index is 0.0879. The van der Waals surface area contributed by atoms with Gasteiger partial charge in [0.2, 0.25) is 5.91 Å². The Bertz CT molecular complexity index is 281. The fourth-order valence-corrected chi connectivity index (χ4v) is 2.16. The van der Waals surface area contributed by atoms with E-state index in [2.05, 4.69) is 0 Å². The molecule has 1 atom stereocenters. The molecule has 1 fully saturated rings. The number of carboxylic acid groups (broad SMARTS) is 1.